The molecule has 0 radical (unpaired) electrons. The molecule has 3 unspecified atom stereocenters. The number of nitrogens with one attached hydrogen (secondary N) is 1. The molecule has 12 heteroatoms. The summed E-state index contributed by atoms with van der Waals surface area (Å²) in [7, 11) is 0. The summed E-state index contributed by atoms with van der Waals surface area (Å²) in [6.07, 6.45) is 0.920. The van der Waals surface area contributed by atoms with Gasteiger partial charge in [0.2, 0.25) is 0 Å². The van der Waals surface area contributed by atoms with E-state index in [1.54, 1.807) is 4.57 Å². The Hall–Kier alpha value is -3.16. The fraction of sp³-hybridized carbons (Fsp3) is 0.600. The Kier molecular flexibility index (Phi) is 7.47. The van der Waals surface area contributed by atoms with Crippen LogP contribution in [-0.4, -0.2) is 92.8 Å². The molecule has 3 aromatic heterocycles. The molecule has 6 N–H and O–H groups in total. The number of nitrogen functional groups attached to an aromatic ring is 1. The van der Waals surface area contributed by atoms with Crippen LogP contribution in [0.25, 0.3) is 22.2 Å². The third-order valence-corrected chi connectivity index (χ3v) is 9.05. The number of aliphatic hydroxyl groups is 3. The first-order valence-electron chi connectivity index (χ1n) is 14.8. The smallest absolute Gasteiger partial charge is 0.167 e. The molecule has 0 spiro atoms. The van der Waals surface area contributed by atoms with Crippen LogP contribution in [0.15, 0.2) is 30.9 Å². The number of aliphatic hydroxyl groups excluding tert-OH is 3. The van der Waals surface area contributed by atoms with Crippen molar-refractivity contribution in [3.8, 4) is 0 Å². The minimum Gasteiger partial charge on any atom is -0.391 e. The average molecular weight is 579 g/mol. The maximum absolute atomic E-state index is 11.2. The summed E-state index contributed by atoms with van der Waals surface area (Å²) in [6, 6.07) is 6.44. The number of hydrogen-bond acceptors (Lipinski definition) is 10. The quantitative estimate of drug-likeness (QED) is 0.209. The van der Waals surface area contributed by atoms with E-state index in [0.29, 0.717) is 17.7 Å². The molecular formula is C30H42N8O4. The lowest BCUT2D eigenvalue weighted by molar-refractivity contribution is -0.110. The number of nitrogens with zero attached hydrogens (tertiary/aromatic N) is 6. The van der Waals surface area contributed by atoms with Gasteiger partial charge < -0.3 is 30.8 Å². The molecule has 1 aromatic carbocycles. The van der Waals surface area contributed by atoms with E-state index in [9.17, 15) is 15.3 Å². The third kappa shape index (κ3) is 5.15. The van der Waals surface area contributed by atoms with Gasteiger partial charge in [-0.1, -0.05) is 26.8 Å². The molecule has 0 amide bonds. The van der Waals surface area contributed by atoms with E-state index < -0.39 is 30.6 Å². The molecule has 226 valence electrons. The fourth-order valence-corrected chi connectivity index (χ4v) is 6.40. The van der Waals surface area contributed by atoms with Crippen molar-refractivity contribution in [1.82, 2.24) is 34.4 Å². The molecule has 2 aliphatic rings. The van der Waals surface area contributed by atoms with Crippen LogP contribution >= 0.6 is 0 Å². The number of aryl methyl sites for hydroxylation is 1. The summed E-state index contributed by atoms with van der Waals surface area (Å²) in [4.78, 5) is 22.9. The zero-order valence-corrected chi connectivity index (χ0v) is 24.8. The molecule has 12 nitrogen and oxygen atoms in total. The van der Waals surface area contributed by atoms with Gasteiger partial charge in [-0.25, -0.2) is 19.9 Å². The summed E-state index contributed by atoms with van der Waals surface area (Å²) in [5.74, 6) is 1.33. The summed E-state index contributed by atoms with van der Waals surface area (Å²) >= 11 is 0. The van der Waals surface area contributed by atoms with Gasteiger partial charge in [-0.15, -0.1) is 0 Å². The molecule has 42 heavy (non-hydrogen) atoms. The molecule has 4 heterocycles. The Morgan fingerprint density at radius 1 is 1.12 bits per heavy atom. The standard InChI is InChI=1S/C30H42N8O4/c1-15(2)37(12-21-25(40)26(41)29(42-21)38-14-34-23-27(31)32-13-33-28(23)38)20-10-16(24(20)39)6-9-22-35-18-8-7-17(30(3,4)5)11-19(18)36-22/h7-8,11,13-16,20-21,24-26,29,39-41H,6,9-10,12H2,1-5H3,(H,35,36)(H2,31,32,33)/t16?,20?,21-,24?,25-,26-,29-/m1/s1. The second-order valence-corrected chi connectivity index (χ2v) is 13.2. The summed E-state index contributed by atoms with van der Waals surface area (Å²) in [6.45, 7) is 11.1. The highest BCUT2D eigenvalue weighted by Crippen LogP contribution is 2.39. The molecule has 1 aliphatic carbocycles. The molecule has 4 aromatic rings. The Labute approximate surface area is 245 Å². The van der Waals surface area contributed by atoms with Crippen molar-refractivity contribution >= 4 is 28.0 Å². The lowest BCUT2D eigenvalue weighted by Crippen LogP contribution is -2.60. The number of imidazole rings is 2. The highest BCUT2D eigenvalue weighted by atomic mass is 16.6. The number of fused-ring (bicyclic) bond motifs is 2. The van der Waals surface area contributed by atoms with Gasteiger partial charge in [0.25, 0.3) is 0 Å². The molecule has 6 rings (SSSR count). The number of rotatable bonds is 8. The first kappa shape index (κ1) is 28.9. The van der Waals surface area contributed by atoms with Gasteiger partial charge >= 0.3 is 0 Å². The predicted molar refractivity (Wildman–Crippen MR) is 159 cm³/mol. The van der Waals surface area contributed by atoms with Gasteiger partial charge in [-0.2, -0.15) is 0 Å². The van der Waals surface area contributed by atoms with E-state index in [0.717, 1.165) is 36.1 Å². The maximum Gasteiger partial charge on any atom is 0.167 e. The Morgan fingerprint density at radius 2 is 1.90 bits per heavy atom. The van der Waals surface area contributed by atoms with Crippen LogP contribution in [0.1, 0.15) is 65.1 Å². The van der Waals surface area contributed by atoms with Gasteiger partial charge in [0.1, 0.15) is 36.0 Å². The highest BCUT2D eigenvalue weighted by molar-refractivity contribution is 5.81. The van der Waals surface area contributed by atoms with Crippen LogP contribution in [0.5, 0.6) is 0 Å². The van der Waals surface area contributed by atoms with Crippen molar-refractivity contribution < 1.29 is 20.1 Å². The SMILES string of the molecule is CC(C)N(C[C@H]1O[C@@H](n2cnc3c(N)ncnc32)[C@H](O)[C@@H]1O)C1CC(CCc2nc3ccc(C(C)(C)C)cc3[nH]2)C1O. The van der Waals surface area contributed by atoms with Crippen LogP contribution in [-0.2, 0) is 16.6 Å². The van der Waals surface area contributed by atoms with Gasteiger partial charge in [0, 0.05) is 25.0 Å². The lowest BCUT2D eigenvalue weighted by Gasteiger charge is -2.49. The minimum absolute atomic E-state index is 0.0615. The first-order chi connectivity index (χ1) is 19.9. The number of benzene rings is 1. The van der Waals surface area contributed by atoms with Gasteiger partial charge in [-0.3, -0.25) is 9.47 Å². The lowest BCUT2D eigenvalue weighted by atomic mass is 9.73. The zero-order chi connectivity index (χ0) is 29.9. The molecule has 1 aliphatic heterocycles. The largest absolute Gasteiger partial charge is 0.391 e. The summed E-state index contributed by atoms with van der Waals surface area (Å²) in [5.41, 5.74) is 10.1. The number of H-pyrrole nitrogens is 1. The predicted octanol–water partition coefficient (Wildman–Crippen LogP) is 2.29. The van der Waals surface area contributed by atoms with Crippen molar-refractivity contribution in [3.05, 3.63) is 42.2 Å². The molecule has 1 saturated heterocycles. The Balaban J connectivity index is 1.08. The minimum atomic E-state index is -1.18. The van der Waals surface area contributed by atoms with Gasteiger partial charge in [0.05, 0.1) is 23.5 Å². The van der Waals surface area contributed by atoms with E-state index in [4.69, 9.17) is 15.5 Å². The van der Waals surface area contributed by atoms with E-state index >= 15 is 0 Å². The van der Waals surface area contributed by atoms with E-state index in [-0.39, 0.29) is 29.2 Å². The van der Waals surface area contributed by atoms with Gasteiger partial charge in [-0.05, 0) is 55.7 Å². The van der Waals surface area contributed by atoms with Crippen LogP contribution in [0.2, 0.25) is 0 Å². The fourth-order valence-electron chi connectivity index (χ4n) is 6.40. The van der Waals surface area contributed by atoms with E-state index in [2.05, 4.69) is 77.7 Å². The van der Waals surface area contributed by atoms with Crippen molar-refractivity contribution in [2.24, 2.45) is 5.92 Å². The Bertz CT molecular complexity index is 1560. The normalized spacial score (nSPS) is 28.4. The second-order valence-electron chi connectivity index (χ2n) is 13.2. The number of nitrogens with two attached hydrogens (primary N) is 1. The number of hydrogen-bond donors (Lipinski definition) is 5. The van der Waals surface area contributed by atoms with Crippen molar-refractivity contribution in [3.63, 3.8) is 0 Å². The van der Waals surface area contributed by atoms with Gasteiger partial charge in [0.15, 0.2) is 17.7 Å². The number of aromatic amines is 1. The number of anilines is 1. The van der Waals surface area contributed by atoms with Crippen molar-refractivity contribution in [1.29, 1.82) is 0 Å². The molecule has 0 bridgehead atoms. The Morgan fingerprint density at radius 3 is 2.62 bits per heavy atom. The van der Waals surface area contributed by atoms with Crippen molar-refractivity contribution in [2.75, 3.05) is 12.3 Å². The molecular weight excluding hydrogens is 536 g/mol. The number of ether oxygens (including phenoxy) is 1. The summed E-state index contributed by atoms with van der Waals surface area (Å²) in [5, 5.41) is 33.0. The van der Waals surface area contributed by atoms with Crippen LogP contribution in [0.3, 0.4) is 0 Å². The topological polar surface area (TPSA) is 171 Å². The van der Waals surface area contributed by atoms with Crippen LogP contribution in [0, 0.1) is 5.92 Å². The third-order valence-electron chi connectivity index (χ3n) is 9.05. The number of aromatic nitrogens is 6. The highest BCUT2D eigenvalue weighted by Gasteiger charge is 2.49. The monoisotopic (exact) mass is 578 g/mol. The zero-order valence-electron chi connectivity index (χ0n) is 24.8. The van der Waals surface area contributed by atoms with Crippen LogP contribution < -0.4 is 5.73 Å². The molecule has 7 atom stereocenters. The van der Waals surface area contributed by atoms with Crippen molar-refractivity contribution in [2.45, 2.75) is 102 Å². The average Bonchev–Trinajstić information content (AvgIpc) is 3.62. The van der Waals surface area contributed by atoms with E-state index in [1.807, 2.05) is 0 Å². The molecule has 2 fully saturated rings. The summed E-state index contributed by atoms with van der Waals surface area (Å²) < 4.78 is 7.77. The van der Waals surface area contributed by atoms with Crippen LogP contribution in [0.4, 0.5) is 5.82 Å². The maximum atomic E-state index is 11.2. The van der Waals surface area contributed by atoms with E-state index in [1.165, 1.54) is 18.2 Å². The molecule has 1 saturated carbocycles. The second kappa shape index (κ2) is 10.8. The first-order valence-corrected chi connectivity index (χ1v) is 14.8.